The predicted molar refractivity (Wildman–Crippen MR) is 90.9 cm³/mol. The van der Waals surface area contributed by atoms with Gasteiger partial charge in [-0.15, -0.1) is 0 Å². The first-order valence-corrected chi connectivity index (χ1v) is 8.06. The second-order valence-corrected chi connectivity index (χ2v) is 5.80. The summed E-state index contributed by atoms with van der Waals surface area (Å²) in [6.07, 6.45) is 2.00. The van der Waals surface area contributed by atoms with Crippen molar-refractivity contribution in [2.24, 2.45) is 0 Å². The molecule has 1 heterocycles. The first kappa shape index (κ1) is 15.6. The minimum Gasteiger partial charge on any atom is -0.457 e. The highest BCUT2D eigenvalue weighted by atomic mass is 16.5. The maximum absolute atomic E-state index is 12.6. The smallest absolute Gasteiger partial charge is 0.253 e. The van der Waals surface area contributed by atoms with E-state index in [0.29, 0.717) is 17.4 Å². The number of hydrogen-bond donors (Lipinski definition) is 1. The van der Waals surface area contributed by atoms with Crippen molar-refractivity contribution in [3.8, 4) is 11.5 Å². The number of carbonyl (C=O) groups excluding carboxylic acids is 1. The molecule has 4 nitrogen and oxygen atoms in total. The molecule has 0 unspecified atom stereocenters. The molecule has 1 fully saturated rings. The highest BCUT2D eigenvalue weighted by molar-refractivity contribution is 5.94. The summed E-state index contributed by atoms with van der Waals surface area (Å²) in [4.78, 5) is 14.6. The molecule has 0 saturated carbocycles. The van der Waals surface area contributed by atoms with Crippen molar-refractivity contribution < 1.29 is 9.53 Å². The zero-order chi connectivity index (χ0) is 16.1. The molecule has 0 radical (unpaired) electrons. The third kappa shape index (κ3) is 3.90. The summed E-state index contributed by atoms with van der Waals surface area (Å²) in [5.41, 5.74) is 0.682. The molecule has 1 aliphatic rings. The first-order valence-electron chi connectivity index (χ1n) is 8.06. The van der Waals surface area contributed by atoms with Gasteiger partial charge in [-0.25, -0.2) is 0 Å². The van der Waals surface area contributed by atoms with Gasteiger partial charge in [-0.2, -0.15) is 0 Å². The van der Waals surface area contributed by atoms with Gasteiger partial charge in [0, 0.05) is 24.7 Å². The maximum atomic E-state index is 12.6. The molecular weight excluding hydrogens is 288 g/mol. The van der Waals surface area contributed by atoms with E-state index in [9.17, 15) is 4.79 Å². The minimum absolute atomic E-state index is 0.0815. The fourth-order valence-electron chi connectivity index (χ4n) is 2.87. The van der Waals surface area contributed by atoms with Crippen molar-refractivity contribution >= 4 is 5.91 Å². The van der Waals surface area contributed by atoms with Crippen molar-refractivity contribution in [2.75, 3.05) is 20.1 Å². The Kier molecular flexibility index (Phi) is 4.93. The fraction of sp³-hybridized carbons (Fsp3) is 0.316. The van der Waals surface area contributed by atoms with Crippen LogP contribution in [0.4, 0.5) is 0 Å². The van der Waals surface area contributed by atoms with E-state index in [1.807, 2.05) is 66.5 Å². The van der Waals surface area contributed by atoms with Crippen LogP contribution in [0.2, 0.25) is 0 Å². The number of nitrogens with one attached hydrogen (secondary N) is 1. The number of piperidine rings is 1. The summed E-state index contributed by atoms with van der Waals surface area (Å²) < 4.78 is 5.81. The zero-order valence-corrected chi connectivity index (χ0v) is 13.4. The molecule has 3 rings (SSSR count). The number of nitrogens with zero attached hydrogens (tertiary/aromatic N) is 1. The topological polar surface area (TPSA) is 41.6 Å². The van der Waals surface area contributed by atoms with Crippen LogP contribution in [0.1, 0.15) is 23.2 Å². The third-order valence-electron chi connectivity index (χ3n) is 4.25. The van der Waals surface area contributed by atoms with Crippen molar-refractivity contribution in [3.05, 3.63) is 60.2 Å². The molecule has 2 aromatic rings. The fourth-order valence-corrected chi connectivity index (χ4v) is 2.87. The Morgan fingerprint density at radius 1 is 1.04 bits per heavy atom. The van der Waals surface area contributed by atoms with Crippen molar-refractivity contribution in [3.63, 3.8) is 0 Å². The van der Waals surface area contributed by atoms with Gasteiger partial charge in [-0.3, -0.25) is 4.79 Å². The maximum Gasteiger partial charge on any atom is 0.253 e. The predicted octanol–water partition coefficient (Wildman–Crippen LogP) is 3.30. The molecule has 0 bridgehead atoms. The number of likely N-dealkylation sites (tertiary alicyclic amines) is 1. The van der Waals surface area contributed by atoms with E-state index in [1.54, 1.807) is 0 Å². The lowest BCUT2D eigenvalue weighted by molar-refractivity contribution is 0.0707. The molecule has 1 saturated heterocycles. The Morgan fingerprint density at radius 2 is 1.74 bits per heavy atom. The molecule has 4 heteroatoms. The van der Waals surface area contributed by atoms with Crippen LogP contribution in [0, 0.1) is 0 Å². The van der Waals surface area contributed by atoms with E-state index >= 15 is 0 Å². The van der Waals surface area contributed by atoms with Gasteiger partial charge in [0.2, 0.25) is 0 Å². The Labute approximate surface area is 137 Å². The molecule has 0 atom stereocenters. The number of hydrogen-bond acceptors (Lipinski definition) is 3. The van der Waals surface area contributed by atoms with Crippen LogP contribution in [-0.2, 0) is 0 Å². The Bertz CT molecular complexity index is 649. The average molecular weight is 310 g/mol. The van der Waals surface area contributed by atoms with Gasteiger partial charge in [0.1, 0.15) is 11.5 Å². The van der Waals surface area contributed by atoms with Gasteiger partial charge in [0.25, 0.3) is 5.91 Å². The van der Waals surface area contributed by atoms with Crippen LogP contribution in [-0.4, -0.2) is 37.0 Å². The van der Waals surface area contributed by atoms with Crippen molar-refractivity contribution in [1.82, 2.24) is 10.2 Å². The number of ether oxygens (including phenoxy) is 1. The van der Waals surface area contributed by atoms with Gasteiger partial charge >= 0.3 is 0 Å². The normalized spacial score (nSPS) is 15.4. The summed E-state index contributed by atoms with van der Waals surface area (Å²) in [6, 6.07) is 17.5. The standard InChI is InChI=1S/C19H22N2O2/c1-20-16-10-12-21(13-11-16)19(22)15-6-5-9-18(14-15)23-17-7-3-2-4-8-17/h2-9,14,16,20H,10-13H2,1H3. The lowest BCUT2D eigenvalue weighted by atomic mass is 10.0. The van der Waals surface area contributed by atoms with Gasteiger partial charge in [-0.05, 0) is 50.2 Å². The molecular formula is C19H22N2O2. The van der Waals surface area contributed by atoms with Crippen LogP contribution < -0.4 is 10.1 Å². The molecule has 120 valence electrons. The number of carbonyl (C=O) groups is 1. The van der Waals surface area contributed by atoms with Crippen LogP contribution in [0.25, 0.3) is 0 Å². The first-order chi connectivity index (χ1) is 11.3. The Balaban J connectivity index is 1.68. The molecule has 1 N–H and O–H groups in total. The molecule has 1 aliphatic heterocycles. The summed E-state index contributed by atoms with van der Waals surface area (Å²) in [7, 11) is 1.98. The monoisotopic (exact) mass is 310 g/mol. The molecule has 23 heavy (non-hydrogen) atoms. The summed E-state index contributed by atoms with van der Waals surface area (Å²) in [5.74, 6) is 1.54. The summed E-state index contributed by atoms with van der Waals surface area (Å²) >= 11 is 0. The summed E-state index contributed by atoms with van der Waals surface area (Å²) in [6.45, 7) is 1.60. The van der Waals surface area contributed by atoms with Crippen LogP contribution in [0.5, 0.6) is 11.5 Å². The van der Waals surface area contributed by atoms with E-state index in [1.165, 1.54) is 0 Å². The molecule has 1 amide bonds. The quantitative estimate of drug-likeness (QED) is 0.942. The number of amides is 1. The van der Waals surface area contributed by atoms with Crippen LogP contribution in [0.3, 0.4) is 0 Å². The van der Waals surface area contributed by atoms with E-state index in [2.05, 4.69) is 5.32 Å². The third-order valence-corrected chi connectivity index (χ3v) is 4.25. The lowest BCUT2D eigenvalue weighted by Gasteiger charge is -2.31. The molecule has 0 aliphatic carbocycles. The minimum atomic E-state index is 0.0815. The summed E-state index contributed by atoms with van der Waals surface area (Å²) in [5, 5.41) is 3.28. The average Bonchev–Trinajstić information content (AvgIpc) is 2.62. The highest BCUT2D eigenvalue weighted by Gasteiger charge is 2.22. The van der Waals surface area contributed by atoms with E-state index in [4.69, 9.17) is 4.74 Å². The Hall–Kier alpha value is -2.33. The van der Waals surface area contributed by atoms with Gasteiger partial charge in [0.15, 0.2) is 0 Å². The number of para-hydroxylation sites is 1. The van der Waals surface area contributed by atoms with Crippen molar-refractivity contribution in [1.29, 1.82) is 0 Å². The Morgan fingerprint density at radius 3 is 2.43 bits per heavy atom. The van der Waals surface area contributed by atoms with Gasteiger partial charge in [0.05, 0.1) is 0 Å². The second kappa shape index (κ2) is 7.29. The second-order valence-electron chi connectivity index (χ2n) is 5.80. The molecule has 2 aromatic carbocycles. The van der Waals surface area contributed by atoms with Gasteiger partial charge in [-0.1, -0.05) is 24.3 Å². The van der Waals surface area contributed by atoms with Crippen LogP contribution >= 0.6 is 0 Å². The molecule has 0 aromatic heterocycles. The number of benzene rings is 2. The van der Waals surface area contributed by atoms with E-state index in [-0.39, 0.29) is 5.91 Å². The lowest BCUT2D eigenvalue weighted by Crippen LogP contribution is -2.43. The van der Waals surface area contributed by atoms with Crippen molar-refractivity contribution in [2.45, 2.75) is 18.9 Å². The van der Waals surface area contributed by atoms with E-state index < -0.39 is 0 Å². The largest absolute Gasteiger partial charge is 0.457 e. The van der Waals surface area contributed by atoms with Crippen LogP contribution in [0.15, 0.2) is 54.6 Å². The highest BCUT2D eigenvalue weighted by Crippen LogP contribution is 2.23. The van der Waals surface area contributed by atoms with E-state index in [0.717, 1.165) is 31.7 Å². The zero-order valence-electron chi connectivity index (χ0n) is 13.4. The molecule has 0 spiro atoms. The SMILES string of the molecule is CNC1CCN(C(=O)c2cccc(Oc3ccccc3)c2)CC1. The van der Waals surface area contributed by atoms with Gasteiger partial charge < -0.3 is 15.0 Å². The number of rotatable bonds is 4.